The summed E-state index contributed by atoms with van der Waals surface area (Å²) in [4.78, 5) is 11.9. The van der Waals surface area contributed by atoms with Gasteiger partial charge in [-0.05, 0) is 24.3 Å². The van der Waals surface area contributed by atoms with Crippen molar-refractivity contribution in [2.45, 2.75) is 0 Å². The molecule has 0 aliphatic heterocycles. The van der Waals surface area contributed by atoms with E-state index in [4.69, 9.17) is 0 Å². The molecule has 0 bridgehead atoms. The van der Waals surface area contributed by atoms with Gasteiger partial charge in [0.15, 0.2) is 5.65 Å². The lowest BCUT2D eigenvalue weighted by Crippen LogP contribution is -1.88. The molecule has 2 N–H and O–H groups in total. The summed E-state index contributed by atoms with van der Waals surface area (Å²) < 4.78 is 0. The number of benzene rings is 1. The third kappa shape index (κ3) is 1.73. The van der Waals surface area contributed by atoms with Crippen LogP contribution in [0.5, 0.6) is 0 Å². The number of imidazole rings is 1. The second-order valence-electron chi connectivity index (χ2n) is 3.79. The lowest BCUT2D eigenvalue weighted by Gasteiger charge is -2.01. The second-order valence-corrected chi connectivity index (χ2v) is 3.79. The van der Waals surface area contributed by atoms with Gasteiger partial charge in [-0.3, -0.25) is 0 Å². The number of fused-ring (bicyclic) bond motifs is 1. The lowest BCUT2D eigenvalue weighted by molar-refractivity contribution is 1.30. The minimum atomic E-state index is 0.748. The van der Waals surface area contributed by atoms with Gasteiger partial charge in [0.25, 0.3) is 0 Å². The molecule has 0 aliphatic carbocycles. The minimum absolute atomic E-state index is 0.748. The Balaban J connectivity index is 2.13. The Morgan fingerprint density at radius 1 is 1.18 bits per heavy atom. The Kier molecular flexibility index (Phi) is 2.26. The molecule has 4 heteroatoms. The molecule has 2 heterocycles. The fourth-order valence-electron chi connectivity index (χ4n) is 1.80. The van der Waals surface area contributed by atoms with Gasteiger partial charge in [0.2, 0.25) is 0 Å². The molecule has 4 nitrogen and oxygen atoms in total. The molecule has 0 amide bonds. The highest BCUT2D eigenvalue weighted by atomic mass is 15.0. The van der Waals surface area contributed by atoms with E-state index in [0.29, 0.717) is 0 Å². The smallest absolute Gasteiger partial charge is 0.178 e. The Hall–Kier alpha value is -2.36. The molecule has 2 aromatic heterocycles. The van der Waals surface area contributed by atoms with E-state index in [1.165, 1.54) is 0 Å². The van der Waals surface area contributed by atoms with Crippen LogP contribution in [0.3, 0.4) is 0 Å². The molecular formula is C13H12N4. The van der Waals surface area contributed by atoms with Gasteiger partial charge in [-0.2, -0.15) is 0 Å². The maximum atomic E-state index is 4.46. The number of H-pyrrole nitrogens is 1. The van der Waals surface area contributed by atoms with E-state index in [-0.39, 0.29) is 0 Å². The van der Waals surface area contributed by atoms with Crippen molar-refractivity contribution in [1.29, 1.82) is 0 Å². The summed E-state index contributed by atoms with van der Waals surface area (Å²) in [6.45, 7) is 0. The first-order chi connectivity index (χ1) is 8.36. The first-order valence-electron chi connectivity index (χ1n) is 5.46. The largest absolute Gasteiger partial charge is 0.388 e. The SMILES string of the molecule is CNc1cccc(-c2nc3ncccc3[nH]2)c1. The van der Waals surface area contributed by atoms with Crippen LogP contribution in [0.4, 0.5) is 5.69 Å². The van der Waals surface area contributed by atoms with Crippen molar-refractivity contribution in [2.75, 3.05) is 12.4 Å². The molecule has 84 valence electrons. The van der Waals surface area contributed by atoms with Gasteiger partial charge < -0.3 is 10.3 Å². The number of nitrogens with zero attached hydrogens (tertiary/aromatic N) is 2. The Morgan fingerprint density at radius 3 is 2.94 bits per heavy atom. The summed E-state index contributed by atoms with van der Waals surface area (Å²) in [5, 5.41) is 3.11. The van der Waals surface area contributed by atoms with Gasteiger partial charge in [0.05, 0.1) is 5.52 Å². The average Bonchev–Trinajstić information content (AvgIpc) is 2.82. The van der Waals surface area contributed by atoms with Crippen LogP contribution in [0.2, 0.25) is 0 Å². The van der Waals surface area contributed by atoms with Crippen LogP contribution in [0.15, 0.2) is 42.6 Å². The fourth-order valence-corrected chi connectivity index (χ4v) is 1.80. The van der Waals surface area contributed by atoms with Gasteiger partial charge in [0.1, 0.15) is 5.82 Å². The molecular weight excluding hydrogens is 212 g/mol. The molecule has 1 aromatic carbocycles. The third-order valence-electron chi connectivity index (χ3n) is 2.68. The van der Waals surface area contributed by atoms with E-state index in [9.17, 15) is 0 Å². The van der Waals surface area contributed by atoms with Crippen LogP contribution in [0, 0.1) is 0 Å². The zero-order valence-corrected chi connectivity index (χ0v) is 9.44. The fraction of sp³-hybridized carbons (Fsp3) is 0.0769. The van der Waals surface area contributed by atoms with Crippen molar-refractivity contribution < 1.29 is 0 Å². The van der Waals surface area contributed by atoms with Gasteiger partial charge in [-0.25, -0.2) is 9.97 Å². The van der Waals surface area contributed by atoms with Crippen LogP contribution < -0.4 is 5.32 Å². The van der Waals surface area contributed by atoms with Crippen LogP contribution in [0.1, 0.15) is 0 Å². The molecule has 0 spiro atoms. The quantitative estimate of drug-likeness (QED) is 0.703. The predicted octanol–water partition coefficient (Wildman–Crippen LogP) is 2.67. The molecule has 0 saturated heterocycles. The molecule has 0 aliphatic rings. The summed E-state index contributed by atoms with van der Waals surface area (Å²) in [6, 6.07) is 12.0. The van der Waals surface area contributed by atoms with E-state index in [1.54, 1.807) is 6.20 Å². The molecule has 0 unspecified atom stereocenters. The maximum absolute atomic E-state index is 4.46. The zero-order chi connectivity index (χ0) is 11.7. The Morgan fingerprint density at radius 2 is 2.12 bits per heavy atom. The van der Waals surface area contributed by atoms with E-state index >= 15 is 0 Å². The molecule has 17 heavy (non-hydrogen) atoms. The minimum Gasteiger partial charge on any atom is -0.388 e. The molecule has 0 fully saturated rings. The third-order valence-corrected chi connectivity index (χ3v) is 2.68. The molecule has 0 radical (unpaired) electrons. The molecule has 0 atom stereocenters. The van der Waals surface area contributed by atoms with Gasteiger partial charge >= 0.3 is 0 Å². The van der Waals surface area contributed by atoms with E-state index in [2.05, 4.69) is 26.3 Å². The highest BCUT2D eigenvalue weighted by Gasteiger charge is 2.05. The summed E-state index contributed by atoms with van der Waals surface area (Å²) >= 11 is 0. The number of hydrogen-bond donors (Lipinski definition) is 2. The number of aromatic nitrogens is 3. The summed E-state index contributed by atoms with van der Waals surface area (Å²) in [6.07, 6.45) is 1.75. The predicted molar refractivity (Wildman–Crippen MR) is 68.9 cm³/mol. The summed E-state index contributed by atoms with van der Waals surface area (Å²) in [5.41, 5.74) is 3.82. The Labute approximate surface area is 98.7 Å². The lowest BCUT2D eigenvalue weighted by atomic mass is 10.2. The first kappa shape index (κ1) is 9.84. The normalized spacial score (nSPS) is 10.6. The molecule has 0 saturated carbocycles. The number of anilines is 1. The first-order valence-corrected chi connectivity index (χ1v) is 5.46. The van der Waals surface area contributed by atoms with Gasteiger partial charge in [0, 0.05) is 24.5 Å². The van der Waals surface area contributed by atoms with E-state index in [1.807, 2.05) is 37.4 Å². The van der Waals surface area contributed by atoms with Gasteiger partial charge in [-0.1, -0.05) is 12.1 Å². The number of nitrogens with one attached hydrogen (secondary N) is 2. The van der Waals surface area contributed by atoms with Crippen molar-refractivity contribution in [3.05, 3.63) is 42.6 Å². The van der Waals surface area contributed by atoms with Crippen LogP contribution in [-0.2, 0) is 0 Å². The second kappa shape index (κ2) is 3.90. The van der Waals surface area contributed by atoms with E-state index in [0.717, 1.165) is 28.2 Å². The number of hydrogen-bond acceptors (Lipinski definition) is 3. The molecule has 3 aromatic rings. The van der Waals surface area contributed by atoms with Crippen molar-refractivity contribution in [2.24, 2.45) is 0 Å². The highest BCUT2D eigenvalue weighted by Crippen LogP contribution is 2.21. The summed E-state index contributed by atoms with van der Waals surface area (Å²) in [7, 11) is 1.90. The van der Waals surface area contributed by atoms with Crippen LogP contribution in [0.25, 0.3) is 22.6 Å². The highest BCUT2D eigenvalue weighted by molar-refractivity contribution is 5.76. The topological polar surface area (TPSA) is 53.6 Å². The maximum Gasteiger partial charge on any atom is 0.178 e. The van der Waals surface area contributed by atoms with Crippen molar-refractivity contribution in [1.82, 2.24) is 15.0 Å². The number of rotatable bonds is 2. The monoisotopic (exact) mass is 224 g/mol. The molecule has 3 rings (SSSR count). The Bertz CT molecular complexity index is 624. The average molecular weight is 224 g/mol. The van der Waals surface area contributed by atoms with Crippen molar-refractivity contribution in [3.63, 3.8) is 0 Å². The number of aromatic amines is 1. The summed E-state index contributed by atoms with van der Waals surface area (Å²) in [5.74, 6) is 0.843. The van der Waals surface area contributed by atoms with Crippen molar-refractivity contribution >= 4 is 16.9 Å². The standard InChI is InChI=1S/C13H12N4/c1-14-10-5-2-4-9(8-10)12-16-11-6-3-7-15-13(11)17-12/h2-8,14H,1H3,(H,15,16,17). The van der Waals surface area contributed by atoms with Gasteiger partial charge in [-0.15, -0.1) is 0 Å². The zero-order valence-electron chi connectivity index (χ0n) is 9.44. The van der Waals surface area contributed by atoms with Crippen molar-refractivity contribution in [3.8, 4) is 11.4 Å². The van der Waals surface area contributed by atoms with E-state index < -0.39 is 0 Å². The van der Waals surface area contributed by atoms with Crippen LogP contribution >= 0.6 is 0 Å². The van der Waals surface area contributed by atoms with Crippen LogP contribution in [-0.4, -0.2) is 22.0 Å². The number of pyridine rings is 1.